The molecule has 0 aromatic heterocycles. The van der Waals surface area contributed by atoms with Gasteiger partial charge in [0.2, 0.25) is 0 Å². The van der Waals surface area contributed by atoms with E-state index in [0.717, 1.165) is 12.8 Å². The van der Waals surface area contributed by atoms with Crippen molar-refractivity contribution in [3.63, 3.8) is 0 Å². The SMILES string of the molecule is C1=CC(C(CC[CH-]O[Si](c2ccccc2)(c2ccccc2)c2ccccc2)(CO[Si](c2ccccc2)(c2ccccc2)c2ccccc2)C2C=Cc3ccccc32)c2ccccc21.[Cl][Zr][Cl]. The molecule has 0 radical (unpaired) electrons. The first-order valence-corrected chi connectivity index (χ1v) is 32.8. The molecule has 2 nitrogen and oxygen atoms in total. The molecule has 10 rings (SSSR count). The van der Waals surface area contributed by atoms with Crippen LogP contribution in [0.1, 0.15) is 46.9 Å². The quantitative estimate of drug-likeness (QED) is 0.0416. The topological polar surface area (TPSA) is 18.5 Å². The van der Waals surface area contributed by atoms with Crippen LogP contribution in [-0.4, -0.2) is 23.2 Å². The number of benzene rings is 8. The maximum atomic E-state index is 8.14. The molecule has 8 aromatic rings. The molecule has 0 amide bonds. The number of hydrogen-bond donors (Lipinski definition) is 0. The van der Waals surface area contributed by atoms with Crippen molar-refractivity contribution in [3.8, 4) is 0 Å². The predicted octanol–water partition coefficient (Wildman–Crippen LogP) is 11.3. The Labute approximate surface area is 411 Å². The fourth-order valence-electron chi connectivity index (χ4n) is 10.5. The summed E-state index contributed by atoms with van der Waals surface area (Å²) in [4.78, 5) is 0. The minimum atomic E-state index is -3.11. The van der Waals surface area contributed by atoms with Gasteiger partial charge in [-0.05, 0) is 53.4 Å². The van der Waals surface area contributed by atoms with Gasteiger partial charge in [0.15, 0.2) is 0 Å². The summed E-state index contributed by atoms with van der Waals surface area (Å²) < 4.78 is 15.7. The first kappa shape index (κ1) is 46.2. The number of allylic oxidation sites excluding steroid dienone is 2. The molecular weight excluding hydrogens is 959 g/mol. The van der Waals surface area contributed by atoms with Gasteiger partial charge in [0, 0.05) is 23.9 Å². The molecule has 0 spiro atoms. The van der Waals surface area contributed by atoms with E-state index in [1.54, 1.807) is 0 Å². The van der Waals surface area contributed by atoms with Gasteiger partial charge in [0.25, 0.3) is 16.6 Å². The molecule has 0 saturated carbocycles. The van der Waals surface area contributed by atoms with Crippen LogP contribution in [0.2, 0.25) is 0 Å². The van der Waals surface area contributed by atoms with Crippen LogP contribution in [-0.2, 0) is 29.7 Å². The number of fused-ring (bicyclic) bond motifs is 2. The van der Waals surface area contributed by atoms with Crippen molar-refractivity contribution in [1.29, 1.82) is 0 Å². The van der Waals surface area contributed by atoms with Crippen LogP contribution >= 0.6 is 17.0 Å². The molecule has 0 N–H and O–H groups in total. The van der Waals surface area contributed by atoms with E-state index in [1.165, 1.54) is 53.4 Å². The molecule has 66 heavy (non-hydrogen) atoms. The van der Waals surface area contributed by atoms with Crippen LogP contribution in [0.3, 0.4) is 0 Å². The summed E-state index contributed by atoms with van der Waals surface area (Å²) in [5, 5.41) is 7.37. The zero-order valence-corrected chi connectivity index (χ0v) is 42.6. The first-order chi connectivity index (χ1) is 32.6. The minimum absolute atomic E-state index is 0.0799. The van der Waals surface area contributed by atoms with Crippen molar-refractivity contribution in [2.24, 2.45) is 5.41 Å². The second-order valence-electron chi connectivity index (χ2n) is 16.9. The third-order valence-corrected chi connectivity index (χ3v) is 21.4. The number of hydrogen-bond acceptors (Lipinski definition) is 2. The Morgan fingerprint density at radius 2 is 0.727 bits per heavy atom. The van der Waals surface area contributed by atoms with Gasteiger partial charge in [-0.25, -0.2) is 6.61 Å². The Hall–Kier alpha value is -4.94. The van der Waals surface area contributed by atoms with Gasteiger partial charge >= 0.3 is 37.9 Å². The van der Waals surface area contributed by atoms with Gasteiger partial charge in [-0.1, -0.05) is 261 Å². The summed E-state index contributed by atoms with van der Waals surface area (Å²) >= 11 is -0.826. The maximum absolute atomic E-state index is 8.14. The zero-order valence-electron chi connectivity index (χ0n) is 36.7. The molecule has 7 heteroatoms. The molecule has 0 aliphatic heterocycles. The summed E-state index contributed by atoms with van der Waals surface area (Å²) in [6.45, 7) is 2.69. The van der Waals surface area contributed by atoms with Crippen molar-refractivity contribution in [2.75, 3.05) is 6.61 Å². The number of halogens is 2. The van der Waals surface area contributed by atoms with Gasteiger partial charge in [-0.2, -0.15) is 6.42 Å². The third-order valence-electron chi connectivity index (χ3n) is 13.5. The average Bonchev–Trinajstić information content (AvgIpc) is 4.04. The van der Waals surface area contributed by atoms with E-state index in [0.29, 0.717) is 6.61 Å². The summed E-state index contributed by atoms with van der Waals surface area (Å²) in [7, 11) is 3.77. The summed E-state index contributed by atoms with van der Waals surface area (Å²) in [5.74, 6) is 0.160. The standard InChI is InChI=1S/C59H51O2Si2.2ClH.Zr/c1-7-26-49(27-8-1)62(50-28-9-2-10-29-50,51-30-11-3-12-31-51)60-45-23-44-59(57-42-40-47-24-19-21-38-55(47)57,58-43-41-48-25-20-22-39-56(48)58)46-61-63(52-32-13-4-14-33-52,53-34-15-5-16-35-53)54-36-17-6-18-37-54;;;/h1-22,24-43,45,57-58H,23,44,46H2;2*1H;/q-1;;;+2/p-2. The Morgan fingerprint density at radius 3 is 1.08 bits per heavy atom. The van der Waals surface area contributed by atoms with Crippen LogP contribution < -0.4 is 31.1 Å². The van der Waals surface area contributed by atoms with Crippen LogP contribution in [0.15, 0.2) is 243 Å². The van der Waals surface area contributed by atoms with Crippen molar-refractivity contribution in [2.45, 2.75) is 24.7 Å². The van der Waals surface area contributed by atoms with Gasteiger partial charge < -0.3 is 8.85 Å². The first-order valence-electron chi connectivity index (χ1n) is 22.6. The Balaban J connectivity index is 0.00000178. The van der Waals surface area contributed by atoms with Crippen molar-refractivity contribution in [1.82, 2.24) is 0 Å². The second-order valence-corrected chi connectivity index (χ2v) is 27.4. The molecule has 2 atom stereocenters. The van der Waals surface area contributed by atoms with Gasteiger partial charge in [0.1, 0.15) is 0 Å². The van der Waals surface area contributed by atoms with E-state index in [4.69, 9.17) is 25.9 Å². The van der Waals surface area contributed by atoms with E-state index in [9.17, 15) is 0 Å². The molecule has 0 fully saturated rings. The van der Waals surface area contributed by atoms with E-state index < -0.39 is 42.9 Å². The van der Waals surface area contributed by atoms with Gasteiger partial charge in [-0.3, -0.25) is 0 Å². The summed E-state index contributed by atoms with van der Waals surface area (Å²) in [6, 6.07) is 83.6. The molecule has 2 unspecified atom stereocenters. The molecule has 2 aliphatic carbocycles. The molecule has 0 bridgehead atoms. The second kappa shape index (κ2) is 21.8. The van der Waals surface area contributed by atoms with E-state index in [-0.39, 0.29) is 11.8 Å². The average molecular weight is 1010 g/mol. The Bertz CT molecular complexity index is 2580. The Kier molecular flexibility index (Phi) is 15.2. The molecule has 0 heterocycles. The fourth-order valence-corrected chi connectivity index (χ4v) is 18.2. The number of rotatable bonds is 16. The molecule has 326 valence electrons. The molecule has 8 aromatic carbocycles. The molecule has 2 aliphatic rings. The van der Waals surface area contributed by atoms with Crippen molar-refractivity contribution < 1.29 is 29.7 Å². The van der Waals surface area contributed by atoms with E-state index >= 15 is 0 Å². The normalized spacial score (nSPS) is 15.8. The third kappa shape index (κ3) is 9.20. The van der Waals surface area contributed by atoms with Gasteiger partial charge in [-0.15, -0.1) is 0 Å². The zero-order chi connectivity index (χ0) is 45.1. The molecule has 0 saturated heterocycles. The van der Waals surface area contributed by atoms with Crippen LogP contribution in [0, 0.1) is 12.0 Å². The monoisotopic (exact) mass is 1010 g/mol. The predicted molar refractivity (Wildman–Crippen MR) is 279 cm³/mol. The van der Waals surface area contributed by atoms with Crippen LogP contribution in [0.5, 0.6) is 0 Å². The summed E-state index contributed by atoms with van der Waals surface area (Å²) in [5.41, 5.74) is 4.85. The van der Waals surface area contributed by atoms with Crippen molar-refractivity contribution >= 4 is 76.9 Å². The summed E-state index contributed by atoms with van der Waals surface area (Å²) in [6.07, 6.45) is 11.2. The van der Waals surface area contributed by atoms with E-state index in [2.05, 4.69) is 261 Å². The Morgan fingerprint density at radius 1 is 0.424 bits per heavy atom. The van der Waals surface area contributed by atoms with Crippen LogP contribution in [0.25, 0.3) is 12.2 Å². The fraction of sp³-hybridized carbons (Fsp3) is 0.102. The van der Waals surface area contributed by atoms with Crippen LogP contribution in [0.4, 0.5) is 0 Å². The van der Waals surface area contributed by atoms with Gasteiger partial charge in [0.05, 0.1) is 0 Å². The molecular formula is C59H51Cl2O2Si2Zr-. The van der Waals surface area contributed by atoms with E-state index in [1.807, 2.05) is 0 Å². The van der Waals surface area contributed by atoms with Crippen molar-refractivity contribution in [3.05, 3.63) is 272 Å².